The first-order valence-corrected chi connectivity index (χ1v) is 14.3. The van der Waals surface area contributed by atoms with Crippen molar-refractivity contribution >= 4 is 17.9 Å². The zero-order valence-electron chi connectivity index (χ0n) is 25.4. The standard InChI is InChI=1S/3C10H20O2.Dy/c1-4-6-7-8-10(3,5-2)9(11)12;2*1-4-6-8-10(3,7-5-2)9(11)12;/h3*4-8H2,1-3H3,(H,11,12);/q;;;+3/p-3. The van der Waals surface area contributed by atoms with Gasteiger partial charge in [0.2, 0.25) is 0 Å². The Kier molecular flexibility index (Phi) is 29.2. The van der Waals surface area contributed by atoms with Crippen LogP contribution in [0.2, 0.25) is 0 Å². The maximum atomic E-state index is 10.8. The number of hydrogen-bond acceptors (Lipinski definition) is 6. The van der Waals surface area contributed by atoms with Crippen LogP contribution in [0.15, 0.2) is 0 Å². The van der Waals surface area contributed by atoms with Gasteiger partial charge in [0.25, 0.3) is 0 Å². The van der Waals surface area contributed by atoms with Gasteiger partial charge in [-0.15, -0.1) is 0 Å². The third-order valence-electron chi connectivity index (χ3n) is 7.36. The fraction of sp³-hybridized carbons (Fsp3) is 0.900. The van der Waals surface area contributed by atoms with Crippen LogP contribution >= 0.6 is 0 Å². The van der Waals surface area contributed by atoms with E-state index in [4.69, 9.17) is 0 Å². The SMILES string of the molecule is CCCCC(C)(CCC)C(=O)[O-].CCCCC(C)(CCC)C(=O)[O-].CCCCCC(C)(CC)C(=O)[O-].[Dy+3]. The van der Waals surface area contributed by atoms with Crippen LogP contribution in [0.4, 0.5) is 0 Å². The van der Waals surface area contributed by atoms with E-state index in [0.717, 1.165) is 89.9 Å². The molecule has 0 aromatic heterocycles. The van der Waals surface area contributed by atoms with Crippen LogP contribution in [0, 0.1) is 54.4 Å². The second kappa shape index (κ2) is 24.7. The topological polar surface area (TPSA) is 120 Å². The van der Waals surface area contributed by atoms with Gasteiger partial charge in [-0.25, -0.2) is 0 Å². The summed E-state index contributed by atoms with van der Waals surface area (Å²) in [4.78, 5) is 32.3. The number of rotatable bonds is 18. The minimum absolute atomic E-state index is 0. The molecule has 3 atom stereocenters. The quantitative estimate of drug-likeness (QED) is 0.184. The van der Waals surface area contributed by atoms with E-state index in [1.54, 1.807) is 20.8 Å². The molecule has 6 nitrogen and oxygen atoms in total. The molecule has 0 amide bonds. The minimum Gasteiger partial charge on any atom is -0.550 e. The number of aliphatic carboxylic acids is 3. The van der Waals surface area contributed by atoms with Crippen LogP contribution in [0.5, 0.6) is 0 Å². The van der Waals surface area contributed by atoms with Crippen molar-refractivity contribution in [3.05, 3.63) is 0 Å². The molecule has 37 heavy (non-hydrogen) atoms. The molecule has 0 aliphatic carbocycles. The third kappa shape index (κ3) is 20.3. The van der Waals surface area contributed by atoms with Gasteiger partial charge in [-0.05, 0) is 38.5 Å². The van der Waals surface area contributed by atoms with Crippen LogP contribution in [0.1, 0.15) is 159 Å². The zero-order chi connectivity index (χ0) is 28.8. The van der Waals surface area contributed by atoms with Gasteiger partial charge in [0.1, 0.15) is 0 Å². The van der Waals surface area contributed by atoms with Gasteiger partial charge in [0, 0.05) is 34.2 Å². The first kappa shape index (κ1) is 43.7. The third-order valence-corrected chi connectivity index (χ3v) is 7.36. The summed E-state index contributed by atoms with van der Waals surface area (Å²) in [5, 5.41) is 32.3. The van der Waals surface area contributed by atoms with Gasteiger partial charge in [-0.3, -0.25) is 0 Å². The van der Waals surface area contributed by atoms with Crippen molar-refractivity contribution in [3.63, 3.8) is 0 Å². The van der Waals surface area contributed by atoms with E-state index in [2.05, 4.69) is 20.8 Å². The monoisotopic (exact) mass is 677 g/mol. The van der Waals surface area contributed by atoms with Gasteiger partial charge in [0.15, 0.2) is 0 Å². The van der Waals surface area contributed by atoms with Gasteiger partial charge in [0.05, 0.1) is 0 Å². The predicted octanol–water partition coefficient (Wildman–Crippen LogP) is 5.20. The van der Waals surface area contributed by atoms with E-state index in [1.807, 2.05) is 20.8 Å². The van der Waals surface area contributed by atoms with Gasteiger partial charge < -0.3 is 29.7 Å². The molecule has 0 fully saturated rings. The summed E-state index contributed by atoms with van der Waals surface area (Å²) >= 11 is 0. The normalized spacial score (nSPS) is 15.2. The van der Waals surface area contributed by atoms with E-state index in [1.165, 1.54) is 0 Å². The fourth-order valence-corrected chi connectivity index (χ4v) is 4.08. The van der Waals surface area contributed by atoms with E-state index in [9.17, 15) is 29.7 Å². The van der Waals surface area contributed by atoms with Crippen molar-refractivity contribution in [2.45, 2.75) is 159 Å². The summed E-state index contributed by atoms with van der Waals surface area (Å²) < 4.78 is 0. The molecule has 0 spiro atoms. The van der Waals surface area contributed by atoms with Crippen molar-refractivity contribution in [2.75, 3.05) is 0 Å². The maximum Gasteiger partial charge on any atom is 3.00 e. The second-order valence-electron chi connectivity index (χ2n) is 11.1. The number of carbonyl (C=O) groups is 3. The molecule has 0 aromatic carbocycles. The molecular weight excluding hydrogens is 619 g/mol. The van der Waals surface area contributed by atoms with Crippen molar-refractivity contribution in [1.82, 2.24) is 0 Å². The van der Waals surface area contributed by atoms with Crippen LogP contribution in [0.25, 0.3) is 0 Å². The van der Waals surface area contributed by atoms with Gasteiger partial charge >= 0.3 is 38.2 Å². The summed E-state index contributed by atoms with van der Waals surface area (Å²) in [7, 11) is 0. The van der Waals surface area contributed by atoms with Crippen molar-refractivity contribution < 1.29 is 67.9 Å². The smallest absolute Gasteiger partial charge is 0.550 e. The Morgan fingerprint density at radius 2 is 0.757 bits per heavy atom. The zero-order valence-corrected chi connectivity index (χ0v) is 27.4. The molecule has 223 valence electrons. The number of carboxylic acid groups (broad SMARTS) is 3. The van der Waals surface area contributed by atoms with E-state index < -0.39 is 34.2 Å². The molecule has 0 rings (SSSR count). The first-order valence-electron chi connectivity index (χ1n) is 14.3. The Balaban J connectivity index is -0.000000218. The van der Waals surface area contributed by atoms with Crippen LogP contribution in [0.3, 0.4) is 0 Å². The van der Waals surface area contributed by atoms with Crippen LogP contribution in [-0.4, -0.2) is 17.9 Å². The molecule has 0 saturated carbocycles. The molecule has 0 aliphatic heterocycles. The number of unbranched alkanes of at least 4 members (excludes halogenated alkanes) is 4. The summed E-state index contributed by atoms with van der Waals surface area (Å²) in [6, 6.07) is 0. The van der Waals surface area contributed by atoms with Crippen LogP contribution in [-0.2, 0) is 14.4 Å². The fourth-order valence-electron chi connectivity index (χ4n) is 4.08. The summed E-state index contributed by atoms with van der Waals surface area (Å²) in [5.74, 6) is -2.68. The second-order valence-corrected chi connectivity index (χ2v) is 11.1. The first-order chi connectivity index (χ1) is 16.7. The van der Waals surface area contributed by atoms with E-state index >= 15 is 0 Å². The Hall–Kier alpha value is -0.317. The van der Waals surface area contributed by atoms with E-state index in [0.29, 0.717) is 6.42 Å². The Morgan fingerprint density at radius 1 is 0.459 bits per heavy atom. The summed E-state index contributed by atoms with van der Waals surface area (Å²) in [5.41, 5.74) is -1.79. The molecule has 0 bridgehead atoms. The number of carbonyl (C=O) groups excluding carboxylic acids is 3. The van der Waals surface area contributed by atoms with Gasteiger partial charge in [-0.1, -0.05) is 120 Å². The molecule has 3 unspecified atom stereocenters. The van der Waals surface area contributed by atoms with Crippen molar-refractivity contribution in [2.24, 2.45) is 16.2 Å². The minimum atomic E-state index is -0.902. The summed E-state index contributed by atoms with van der Waals surface area (Å²) in [6.45, 7) is 17.5. The number of hydrogen-bond donors (Lipinski definition) is 0. The maximum absolute atomic E-state index is 10.8. The molecule has 7 heteroatoms. The average Bonchev–Trinajstić information content (AvgIpc) is 2.82. The molecule has 0 N–H and O–H groups in total. The molecule has 0 saturated heterocycles. The average molecular weight is 676 g/mol. The molecular formula is C30H57DyO6. The van der Waals surface area contributed by atoms with Gasteiger partial charge in [-0.2, -0.15) is 0 Å². The predicted molar refractivity (Wildman–Crippen MR) is 143 cm³/mol. The Bertz CT molecular complexity index is 563. The Labute approximate surface area is 259 Å². The molecule has 0 aliphatic rings. The van der Waals surface area contributed by atoms with Crippen molar-refractivity contribution in [1.29, 1.82) is 0 Å². The largest absolute Gasteiger partial charge is 3.00 e. The van der Waals surface area contributed by atoms with E-state index in [-0.39, 0.29) is 38.2 Å². The number of carboxylic acids is 3. The Morgan fingerprint density at radius 3 is 0.973 bits per heavy atom. The van der Waals surface area contributed by atoms with Crippen molar-refractivity contribution in [3.8, 4) is 0 Å². The molecule has 0 aromatic rings. The van der Waals surface area contributed by atoms with Crippen LogP contribution < -0.4 is 15.3 Å². The molecule has 1 radical (unpaired) electrons. The summed E-state index contributed by atoms with van der Waals surface area (Å²) in [6.07, 6.45) is 13.5. The molecule has 0 heterocycles.